The third-order valence-corrected chi connectivity index (χ3v) is 3.97. The summed E-state index contributed by atoms with van der Waals surface area (Å²) in [6.45, 7) is 0.576. The molecule has 1 aromatic heterocycles. The third-order valence-electron chi connectivity index (χ3n) is 3.97. The van der Waals surface area contributed by atoms with Gasteiger partial charge in [-0.25, -0.2) is 0 Å². The van der Waals surface area contributed by atoms with Gasteiger partial charge in [0.2, 0.25) is 0 Å². The van der Waals surface area contributed by atoms with E-state index in [4.69, 9.17) is 14.7 Å². The van der Waals surface area contributed by atoms with Gasteiger partial charge >= 0.3 is 0 Å². The molecule has 0 unspecified atom stereocenters. The van der Waals surface area contributed by atoms with Gasteiger partial charge in [-0.1, -0.05) is 12.1 Å². The summed E-state index contributed by atoms with van der Waals surface area (Å²) in [5, 5.41) is 9.65. The van der Waals surface area contributed by atoms with Crippen LogP contribution in [0.3, 0.4) is 0 Å². The number of carbonyl (C=O) groups excluding carboxylic acids is 1. The Bertz CT molecular complexity index is 934. The van der Waals surface area contributed by atoms with E-state index in [-0.39, 0.29) is 0 Å². The average molecular weight is 320 g/mol. The lowest BCUT2D eigenvalue weighted by Crippen LogP contribution is -1.98. The van der Waals surface area contributed by atoms with Crippen LogP contribution in [0.25, 0.3) is 10.9 Å². The van der Waals surface area contributed by atoms with Crippen LogP contribution in [0.5, 0.6) is 11.5 Å². The number of benzene rings is 2. The van der Waals surface area contributed by atoms with Gasteiger partial charge in [0.25, 0.3) is 0 Å². The Labute approximate surface area is 139 Å². The highest BCUT2D eigenvalue weighted by atomic mass is 16.5. The molecule has 0 amide bonds. The number of nitrogens with zero attached hydrogens (tertiary/aromatic N) is 2. The van der Waals surface area contributed by atoms with Gasteiger partial charge in [0, 0.05) is 30.4 Å². The largest absolute Gasteiger partial charge is 0.497 e. The van der Waals surface area contributed by atoms with E-state index < -0.39 is 0 Å². The van der Waals surface area contributed by atoms with E-state index in [0.717, 1.165) is 22.8 Å². The van der Waals surface area contributed by atoms with Gasteiger partial charge in [0.1, 0.15) is 11.5 Å². The smallest absolute Gasteiger partial charge is 0.152 e. The lowest BCUT2D eigenvalue weighted by atomic mass is 10.1. The predicted octanol–water partition coefficient (Wildman–Crippen LogP) is 3.39. The maximum absolute atomic E-state index is 11.5. The molecule has 0 atom stereocenters. The summed E-state index contributed by atoms with van der Waals surface area (Å²) in [6, 6.07) is 13.1. The number of ether oxygens (including phenoxy) is 2. The molecule has 120 valence electrons. The fraction of sp³-hybridized carbons (Fsp3) is 0.158. The normalized spacial score (nSPS) is 10.4. The fourth-order valence-electron chi connectivity index (χ4n) is 2.78. The molecule has 0 radical (unpaired) electrons. The molecule has 0 bridgehead atoms. The molecular formula is C19H16N2O3. The minimum Gasteiger partial charge on any atom is -0.497 e. The van der Waals surface area contributed by atoms with Gasteiger partial charge < -0.3 is 14.0 Å². The maximum atomic E-state index is 11.5. The highest BCUT2D eigenvalue weighted by Gasteiger charge is 2.15. The average Bonchev–Trinajstić information content (AvgIpc) is 2.99. The second-order valence-electron chi connectivity index (χ2n) is 5.36. The zero-order valence-electron chi connectivity index (χ0n) is 13.4. The van der Waals surface area contributed by atoms with Gasteiger partial charge in [-0.15, -0.1) is 0 Å². The molecule has 0 aliphatic rings. The summed E-state index contributed by atoms with van der Waals surface area (Å²) >= 11 is 0. The molecule has 3 aromatic rings. The Morgan fingerprint density at radius 1 is 1.17 bits per heavy atom. The number of fused-ring (bicyclic) bond motifs is 1. The number of aromatic nitrogens is 1. The Kier molecular flexibility index (Phi) is 4.21. The summed E-state index contributed by atoms with van der Waals surface area (Å²) in [7, 11) is 3.16. The van der Waals surface area contributed by atoms with Crippen LogP contribution in [0.1, 0.15) is 21.5 Å². The number of nitriles is 1. The van der Waals surface area contributed by atoms with Crippen LogP contribution < -0.4 is 9.47 Å². The minimum absolute atomic E-state index is 0.568. The summed E-state index contributed by atoms with van der Waals surface area (Å²) in [6.07, 6.45) is 2.63. The van der Waals surface area contributed by atoms with E-state index in [9.17, 15) is 4.79 Å². The molecule has 2 aromatic carbocycles. The first-order valence-corrected chi connectivity index (χ1v) is 7.39. The van der Waals surface area contributed by atoms with Crippen LogP contribution in [0, 0.1) is 11.3 Å². The molecule has 24 heavy (non-hydrogen) atoms. The molecule has 0 saturated carbocycles. The van der Waals surface area contributed by atoms with Gasteiger partial charge in [-0.05, 0) is 17.7 Å². The van der Waals surface area contributed by atoms with Crippen LogP contribution in [0.2, 0.25) is 0 Å². The quantitative estimate of drug-likeness (QED) is 0.676. The number of aldehydes is 1. The molecule has 0 spiro atoms. The van der Waals surface area contributed by atoms with Gasteiger partial charge in [-0.2, -0.15) is 5.26 Å². The number of hydrogen-bond donors (Lipinski definition) is 0. The van der Waals surface area contributed by atoms with Crippen molar-refractivity contribution in [2.45, 2.75) is 6.54 Å². The molecule has 1 heterocycles. The molecule has 0 saturated heterocycles. The topological polar surface area (TPSA) is 64.2 Å². The van der Waals surface area contributed by atoms with Crippen molar-refractivity contribution in [1.82, 2.24) is 4.57 Å². The molecule has 0 aliphatic carbocycles. The second-order valence-corrected chi connectivity index (χ2v) is 5.36. The van der Waals surface area contributed by atoms with Crippen molar-refractivity contribution in [3.05, 3.63) is 59.3 Å². The first-order valence-electron chi connectivity index (χ1n) is 7.39. The third kappa shape index (κ3) is 2.70. The molecule has 5 heteroatoms. The number of rotatable bonds is 5. The number of carbonyl (C=O) groups is 1. The lowest BCUT2D eigenvalue weighted by molar-refractivity contribution is 0.112. The molecule has 5 nitrogen and oxygen atoms in total. The van der Waals surface area contributed by atoms with Gasteiger partial charge in [-0.3, -0.25) is 4.79 Å². The van der Waals surface area contributed by atoms with Crippen molar-refractivity contribution < 1.29 is 14.3 Å². The van der Waals surface area contributed by atoms with E-state index >= 15 is 0 Å². The highest BCUT2D eigenvalue weighted by Crippen LogP contribution is 2.34. The minimum atomic E-state index is 0.568. The predicted molar refractivity (Wildman–Crippen MR) is 90.7 cm³/mol. The standard InChI is InChI=1S/C19H16N2O3/c1-23-16-7-17-19(18(8-16)24-2)15(12-22)11-21(17)10-14-5-3-13(9-20)4-6-14/h3-8,11-12H,10H2,1-2H3. The van der Waals surface area contributed by atoms with Crippen molar-refractivity contribution >= 4 is 17.2 Å². The van der Waals surface area contributed by atoms with Crippen LogP contribution in [-0.4, -0.2) is 25.1 Å². The van der Waals surface area contributed by atoms with Crippen LogP contribution >= 0.6 is 0 Å². The Balaban J connectivity index is 2.13. The Morgan fingerprint density at radius 2 is 1.92 bits per heavy atom. The summed E-state index contributed by atoms with van der Waals surface area (Å²) in [4.78, 5) is 11.5. The maximum Gasteiger partial charge on any atom is 0.152 e. The van der Waals surface area contributed by atoms with Crippen molar-refractivity contribution in [2.24, 2.45) is 0 Å². The molecule has 0 fully saturated rings. The van der Waals surface area contributed by atoms with Crippen molar-refractivity contribution in [2.75, 3.05) is 14.2 Å². The summed E-state index contributed by atoms with van der Waals surface area (Å²) < 4.78 is 12.7. The van der Waals surface area contributed by atoms with Gasteiger partial charge in [0.05, 0.1) is 36.8 Å². The number of hydrogen-bond acceptors (Lipinski definition) is 4. The molecular weight excluding hydrogens is 304 g/mol. The Morgan fingerprint density at radius 3 is 2.50 bits per heavy atom. The molecule has 0 aliphatic heterocycles. The van der Waals surface area contributed by atoms with Crippen molar-refractivity contribution in [3.63, 3.8) is 0 Å². The monoisotopic (exact) mass is 320 g/mol. The van der Waals surface area contributed by atoms with E-state index in [0.29, 0.717) is 29.2 Å². The van der Waals surface area contributed by atoms with Gasteiger partial charge in [0.15, 0.2) is 6.29 Å². The second kappa shape index (κ2) is 6.47. The van der Waals surface area contributed by atoms with E-state index in [2.05, 4.69) is 6.07 Å². The fourth-order valence-corrected chi connectivity index (χ4v) is 2.78. The van der Waals surface area contributed by atoms with Crippen molar-refractivity contribution in [1.29, 1.82) is 5.26 Å². The van der Waals surface area contributed by atoms with Crippen molar-refractivity contribution in [3.8, 4) is 17.6 Å². The summed E-state index contributed by atoms with van der Waals surface area (Å²) in [5.41, 5.74) is 3.08. The SMILES string of the molecule is COc1cc(OC)c2c(C=O)cn(Cc3ccc(C#N)cc3)c2c1. The highest BCUT2D eigenvalue weighted by molar-refractivity contribution is 6.02. The first kappa shape index (κ1) is 15.6. The van der Waals surface area contributed by atoms with E-state index in [1.54, 1.807) is 38.6 Å². The van der Waals surface area contributed by atoms with Crippen LogP contribution in [0.15, 0.2) is 42.6 Å². The first-order chi connectivity index (χ1) is 11.7. The number of methoxy groups -OCH3 is 2. The molecule has 3 rings (SSSR count). The van der Waals surface area contributed by atoms with E-state index in [1.165, 1.54) is 0 Å². The molecule has 0 N–H and O–H groups in total. The zero-order chi connectivity index (χ0) is 17.1. The van der Waals surface area contributed by atoms with Crippen LogP contribution in [-0.2, 0) is 6.54 Å². The van der Waals surface area contributed by atoms with Crippen LogP contribution in [0.4, 0.5) is 0 Å². The zero-order valence-corrected chi connectivity index (χ0v) is 13.4. The summed E-state index contributed by atoms with van der Waals surface area (Å²) in [5.74, 6) is 1.26. The Hall–Kier alpha value is -3.26. The van der Waals surface area contributed by atoms with E-state index in [1.807, 2.05) is 22.8 Å². The lowest BCUT2D eigenvalue weighted by Gasteiger charge is -2.09.